The number of carbonyl (C=O) groups is 1. The summed E-state index contributed by atoms with van der Waals surface area (Å²) in [5.74, 6) is -0.979. The van der Waals surface area contributed by atoms with Crippen molar-refractivity contribution in [2.75, 3.05) is 0 Å². The first-order valence-electron chi connectivity index (χ1n) is 3.05. The minimum absolute atomic E-state index is 0.183. The molecule has 0 saturated carbocycles. The minimum atomic E-state index is -0.979. The Hall–Kier alpha value is -1.64. The summed E-state index contributed by atoms with van der Waals surface area (Å²) in [6.45, 7) is 3.48. The zero-order valence-electron chi connectivity index (χ0n) is 5.82. The Bertz CT molecular complexity index is 294. The van der Waals surface area contributed by atoms with E-state index in [4.69, 9.17) is 5.11 Å². The van der Waals surface area contributed by atoms with Gasteiger partial charge in [-0.2, -0.15) is 0 Å². The number of aromatic carboxylic acids is 1. The van der Waals surface area contributed by atoms with Gasteiger partial charge in [0.25, 0.3) is 0 Å². The van der Waals surface area contributed by atoms with Crippen molar-refractivity contribution in [3.05, 3.63) is 36.2 Å². The number of carboxylic acids is 1. The molecule has 0 spiro atoms. The lowest BCUT2D eigenvalue weighted by molar-refractivity contribution is 0.0696. The number of pyridine rings is 1. The van der Waals surface area contributed by atoms with Crippen molar-refractivity contribution < 1.29 is 9.90 Å². The highest BCUT2D eigenvalue weighted by molar-refractivity contribution is 5.91. The molecule has 0 radical (unpaired) electrons. The van der Waals surface area contributed by atoms with Gasteiger partial charge in [0.1, 0.15) is 0 Å². The molecule has 0 atom stereocenters. The fourth-order valence-corrected chi connectivity index (χ4v) is 0.762. The first-order valence-corrected chi connectivity index (χ1v) is 3.05. The second kappa shape index (κ2) is 2.96. The van der Waals surface area contributed by atoms with E-state index in [0.717, 1.165) is 0 Å². The molecule has 56 valence electrons. The monoisotopic (exact) mass is 149 g/mol. The maximum absolute atomic E-state index is 10.5. The number of aromatic nitrogens is 1. The number of nitrogens with zero attached hydrogens (tertiary/aromatic N) is 1. The van der Waals surface area contributed by atoms with Gasteiger partial charge in [0.2, 0.25) is 0 Å². The van der Waals surface area contributed by atoms with Crippen molar-refractivity contribution >= 4 is 12.0 Å². The molecule has 0 bridgehead atoms. The molecular formula is C8H7NO2. The molecule has 0 saturated heterocycles. The predicted molar refractivity (Wildman–Crippen MR) is 41.3 cm³/mol. The molecular weight excluding hydrogens is 142 g/mol. The molecule has 0 aliphatic carbocycles. The Morgan fingerprint density at radius 2 is 2.45 bits per heavy atom. The molecule has 1 aromatic rings. The van der Waals surface area contributed by atoms with Crippen LogP contribution in [-0.4, -0.2) is 16.1 Å². The van der Waals surface area contributed by atoms with E-state index in [1.54, 1.807) is 6.07 Å². The Balaban J connectivity index is 3.22. The van der Waals surface area contributed by atoms with Gasteiger partial charge in [-0.25, -0.2) is 4.79 Å². The van der Waals surface area contributed by atoms with Crippen LogP contribution in [-0.2, 0) is 0 Å². The van der Waals surface area contributed by atoms with Crippen LogP contribution in [0.2, 0.25) is 0 Å². The molecule has 0 amide bonds. The Morgan fingerprint density at radius 1 is 1.73 bits per heavy atom. The molecule has 1 N–H and O–H groups in total. The normalized spacial score (nSPS) is 9.09. The van der Waals surface area contributed by atoms with Crippen LogP contribution >= 0.6 is 0 Å². The maximum atomic E-state index is 10.5. The van der Waals surface area contributed by atoms with E-state index in [1.165, 1.54) is 18.5 Å². The van der Waals surface area contributed by atoms with Crippen molar-refractivity contribution in [2.45, 2.75) is 0 Å². The smallest absolute Gasteiger partial charge is 0.337 e. The lowest BCUT2D eigenvalue weighted by Crippen LogP contribution is -1.99. The minimum Gasteiger partial charge on any atom is -0.478 e. The van der Waals surface area contributed by atoms with Crippen LogP contribution in [0.1, 0.15) is 15.9 Å². The highest BCUT2D eigenvalue weighted by atomic mass is 16.4. The fourth-order valence-electron chi connectivity index (χ4n) is 0.762. The Morgan fingerprint density at radius 3 is 2.91 bits per heavy atom. The third-order valence-corrected chi connectivity index (χ3v) is 1.31. The number of carboxylic acid groups (broad SMARTS) is 1. The van der Waals surface area contributed by atoms with Crippen LogP contribution in [0.25, 0.3) is 6.08 Å². The van der Waals surface area contributed by atoms with Gasteiger partial charge < -0.3 is 5.11 Å². The van der Waals surface area contributed by atoms with Crippen molar-refractivity contribution in [1.82, 2.24) is 4.98 Å². The summed E-state index contributed by atoms with van der Waals surface area (Å²) in [6.07, 6.45) is 4.33. The van der Waals surface area contributed by atoms with Gasteiger partial charge in [0.15, 0.2) is 0 Å². The Labute approximate surface area is 64.0 Å². The molecule has 0 aromatic carbocycles. The van der Waals surface area contributed by atoms with E-state index >= 15 is 0 Å². The van der Waals surface area contributed by atoms with Gasteiger partial charge in [-0.05, 0) is 11.6 Å². The van der Waals surface area contributed by atoms with Crippen LogP contribution in [0.5, 0.6) is 0 Å². The van der Waals surface area contributed by atoms with E-state index in [9.17, 15) is 4.79 Å². The van der Waals surface area contributed by atoms with Crippen LogP contribution in [0.4, 0.5) is 0 Å². The lowest BCUT2D eigenvalue weighted by Gasteiger charge is -1.96. The van der Waals surface area contributed by atoms with Gasteiger partial charge in [-0.3, -0.25) is 4.98 Å². The topological polar surface area (TPSA) is 50.2 Å². The number of hydrogen-bond donors (Lipinski definition) is 1. The molecule has 0 aliphatic heterocycles. The van der Waals surface area contributed by atoms with Crippen molar-refractivity contribution in [3.63, 3.8) is 0 Å². The van der Waals surface area contributed by atoms with Gasteiger partial charge in [-0.15, -0.1) is 0 Å². The first-order chi connectivity index (χ1) is 5.25. The van der Waals surface area contributed by atoms with E-state index in [1.807, 2.05) is 0 Å². The second-order valence-corrected chi connectivity index (χ2v) is 1.97. The van der Waals surface area contributed by atoms with Crippen LogP contribution in [0.3, 0.4) is 0 Å². The molecule has 11 heavy (non-hydrogen) atoms. The molecule has 1 heterocycles. The molecule has 0 aliphatic rings. The molecule has 3 heteroatoms. The average molecular weight is 149 g/mol. The lowest BCUT2D eigenvalue weighted by atomic mass is 10.1. The summed E-state index contributed by atoms with van der Waals surface area (Å²) in [7, 11) is 0. The highest BCUT2D eigenvalue weighted by Gasteiger charge is 2.05. The van der Waals surface area contributed by atoms with Crippen molar-refractivity contribution in [1.29, 1.82) is 0 Å². The Kier molecular flexibility index (Phi) is 2.01. The maximum Gasteiger partial charge on any atom is 0.337 e. The number of rotatable bonds is 2. The molecule has 1 aromatic heterocycles. The summed E-state index contributed by atoms with van der Waals surface area (Å²) >= 11 is 0. The van der Waals surface area contributed by atoms with Crippen LogP contribution < -0.4 is 0 Å². The summed E-state index contributed by atoms with van der Waals surface area (Å²) in [4.78, 5) is 14.2. The second-order valence-electron chi connectivity index (χ2n) is 1.97. The highest BCUT2D eigenvalue weighted by Crippen LogP contribution is 2.07. The van der Waals surface area contributed by atoms with E-state index < -0.39 is 5.97 Å². The average Bonchev–Trinajstić information content (AvgIpc) is 2.04. The summed E-state index contributed by atoms with van der Waals surface area (Å²) in [6, 6.07) is 1.61. The largest absolute Gasteiger partial charge is 0.478 e. The van der Waals surface area contributed by atoms with E-state index in [-0.39, 0.29) is 5.56 Å². The standard InChI is InChI=1S/C8H7NO2/c1-2-6-3-4-9-5-7(6)8(10)11/h2-5H,1H2,(H,10,11). The van der Waals surface area contributed by atoms with Crippen LogP contribution in [0.15, 0.2) is 25.0 Å². The van der Waals surface area contributed by atoms with Crippen LogP contribution in [0, 0.1) is 0 Å². The predicted octanol–water partition coefficient (Wildman–Crippen LogP) is 1.42. The fraction of sp³-hybridized carbons (Fsp3) is 0. The van der Waals surface area contributed by atoms with Crippen molar-refractivity contribution in [2.24, 2.45) is 0 Å². The molecule has 0 unspecified atom stereocenters. The molecule has 0 fully saturated rings. The molecule has 1 rings (SSSR count). The van der Waals surface area contributed by atoms with E-state index in [2.05, 4.69) is 11.6 Å². The summed E-state index contributed by atoms with van der Waals surface area (Å²) in [5.41, 5.74) is 0.773. The van der Waals surface area contributed by atoms with E-state index in [0.29, 0.717) is 5.56 Å². The quantitative estimate of drug-likeness (QED) is 0.691. The van der Waals surface area contributed by atoms with Crippen molar-refractivity contribution in [3.8, 4) is 0 Å². The number of hydrogen-bond acceptors (Lipinski definition) is 2. The van der Waals surface area contributed by atoms with Gasteiger partial charge in [0, 0.05) is 12.4 Å². The summed E-state index contributed by atoms with van der Waals surface area (Å²) in [5, 5.41) is 8.61. The third kappa shape index (κ3) is 1.43. The van der Waals surface area contributed by atoms with Gasteiger partial charge >= 0.3 is 5.97 Å². The third-order valence-electron chi connectivity index (χ3n) is 1.31. The SMILES string of the molecule is C=Cc1ccncc1C(=O)O. The zero-order valence-corrected chi connectivity index (χ0v) is 5.82. The van der Waals surface area contributed by atoms with Gasteiger partial charge in [-0.1, -0.05) is 12.7 Å². The first kappa shape index (κ1) is 7.47. The van der Waals surface area contributed by atoms with Gasteiger partial charge in [0.05, 0.1) is 5.56 Å². The summed E-state index contributed by atoms with van der Waals surface area (Å²) < 4.78 is 0. The zero-order chi connectivity index (χ0) is 8.27. The molecule has 3 nitrogen and oxygen atoms in total.